The maximum absolute atomic E-state index is 6.19. The van der Waals surface area contributed by atoms with Gasteiger partial charge in [-0.15, -0.1) is 11.6 Å². The molecule has 1 N–H and O–H groups in total. The molecule has 2 unspecified atom stereocenters. The second-order valence-electron chi connectivity index (χ2n) is 3.55. The maximum Gasteiger partial charge on any atom is 0.0590 e. The Morgan fingerprint density at radius 1 is 1.50 bits per heavy atom. The van der Waals surface area contributed by atoms with Crippen LogP contribution in [0.15, 0.2) is 22.9 Å². The largest absolute Gasteiger partial charge is 0.380 e. The molecule has 2 atom stereocenters. The zero-order valence-electron chi connectivity index (χ0n) is 7.71. The molecule has 0 radical (unpaired) electrons. The maximum atomic E-state index is 6.19. The van der Waals surface area contributed by atoms with E-state index in [1.54, 1.807) is 12.4 Å². The SMILES string of the molecule is ClC1CCCC1Nc1ccncc1Br. The number of alkyl halides is 1. The second-order valence-corrected chi connectivity index (χ2v) is 4.97. The van der Waals surface area contributed by atoms with Crippen molar-refractivity contribution >= 4 is 33.2 Å². The van der Waals surface area contributed by atoms with Gasteiger partial charge in [-0.25, -0.2) is 0 Å². The number of rotatable bonds is 2. The number of hydrogen-bond donors (Lipinski definition) is 1. The van der Waals surface area contributed by atoms with Crippen LogP contribution in [0.5, 0.6) is 0 Å². The van der Waals surface area contributed by atoms with Gasteiger partial charge in [0.05, 0.1) is 15.5 Å². The summed E-state index contributed by atoms with van der Waals surface area (Å²) in [6, 6.07) is 2.36. The first-order valence-electron chi connectivity index (χ1n) is 4.77. The van der Waals surface area contributed by atoms with Gasteiger partial charge >= 0.3 is 0 Å². The smallest absolute Gasteiger partial charge is 0.0590 e. The summed E-state index contributed by atoms with van der Waals surface area (Å²) >= 11 is 9.64. The first-order chi connectivity index (χ1) is 6.77. The number of hydrogen-bond acceptors (Lipinski definition) is 2. The van der Waals surface area contributed by atoms with Crippen LogP contribution in [0.4, 0.5) is 5.69 Å². The molecule has 0 amide bonds. The van der Waals surface area contributed by atoms with Crippen molar-refractivity contribution in [2.24, 2.45) is 0 Å². The van der Waals surface area contributed by atoms with Crippen LogP contribution in [-0.4, -0.2) is 16.4 Å². The predicted molar refractivity (Wildman–Crippen MR) is 62.8 cm³/mol. The Labute approximate surface area is 97.2 Å². The van der Waals surface area contributed by atoms with E-state index in [4.69, 9.17) is 11.6 Å². The van der Waals surface area contributed by atoms with Crippen LogP contribution in [-0.2, 0) is 0 Å². The third-order valence-corrected chi connectivity index (χ3v) is 3.70. The average Bonchev–Trinajstić information content (AvgIpc) is 2.56. The third kappa shape index (κ3) is 2.20. The number of halogens is 2. The molecule has 0 aliphatic heterocycles. The molecule has 0 saturated heterocycles. The van der Waals surface area contributed by atoms with Gasteiger partial charge in [-0.1, -0.05) is 0 Å². The van der Waals surface area contributed by atoms with E-state index < -0.39 is 0 Å². The molecule has 1 aromatic rings. The van der Waals surface area contributed by atoms with E-state index in [1.807, 2.05) is 6.07 Å². The Morgan fingerprint density at radius 2 is 2.36 bits per heavy atom. The fourth-order valence-electron chi connectivity index (χ4n) is 1.77. The Bertz CT molecular complexity index is 319. The molecule has 2 rings (SSSR count). The lowest BCUT2D eigenvalue weighted by Crippen LogP contribution is -2.24. The zero-order chi connectivity index (χ0) is 9.97. The van der Waals surface area contributed by atoms with E-state index in [9.17, 15) is 0 Å². The van der Waals surface area contributed by atoms with Crippen LogP contribution in [0, 0.1) is 0 Å². The highest BCUT2D eigenvalue weighted by atomic mass is 79.9. The first-order valence-corrected chi connectivity index (χ1v) is 6.00. The van der Waals surface area contributed by atoms with Crippen molar-refractivity contribution in [3.63, 3.8) is 0 Å². The van der Waals surface area contributed by atoms with Gasteiger partial charge in [0, 0.05) is 18.4 Å². The Balaban J connectivity index is 2.07. The highest BCUT2D eigenvalue weighted by Gasteiger charge is 2.25. The molecule has 2 nitrogen and oxygen atoms in total. The van der Waals surface area contributed by atoms with E-state index in [-0.39, 0.29) is 5.38 Å². The van der Waals surface area contributed by atoms with Crippen molar-refractivity contribution in [3.05, 3.63) is 22.9 Å². The highest BCUT2D eigenvalue weighted by molar-refractivity contribution is 9.10. The van der Waals surface area contributed by atoms with Gasteiger partial charge < -0.3 is 5.32 Å². The van der Waals surface area contributed by atoms with Crippen LogP contribution < -0.4 is 5.32 Å². The summed E-state index contributed by atoms with van der Waals surface area (Å²) in [7, 11) is 0. The molecular formula is C10H12BrClN2. The Morgan fingerprint density at radius 3 is 3.00 bits per heavy atom. The van der Waals surface area contributed by atoms with Gasteiger partial charge in [-0.2, -0.15) is 0 Å². The highest BCUT2D eigenvalue weighted by Crippen LogP contribution is 2.29. The van der Waals surface area contributed by atoms with Gasteiger partial charge in [0.25, 0.3) is 0 Å². The van der Waals surface area contributed by atoms with Gasteiger partial charge in [0.1, 0.15) is 0 Å². The molecule has 1 heterocycles. The van der Waals surface area contributed by atoms with E-state index in [0.29, 0.717) is 6.04 Å². The summed E-state index contributed by atoms with van der Waals surface area (Å²) in [5.74, 6) is 0. The molecule has 1 saturated carbocycles. The van der Waals surface area contributed by atoms with E-state index in [0.717, 1.165) is 23.0 Å². The topological polar surface area (TPSA) is 24.9 Å². The van der Waals surface area contributed by atoms with Crippen LogP contribution in [0.2, 0.25) is 0 Å². The van der Waals surface area contributed by atoms with Crippen molar-refractivity contribution in [3.8, 4) is 0 Å². The molecule has 0 bridgehead atoms. The standard InChI is InChI=1S/C10H12BrClN2/c11-7-6-13-5-4-9(7)14-10-3-1-2-8(10)12/h4-6,8,10H,1-3H2,(H,13,14). The van der Waals surface area contributed by atoms with Gasteiger partial charge in [0.2, 0.25) is 0 Å². The minimum Gasteiger partial charge on any atom is -0.380 e. The summed E-state index contributed by atoms with van der Waals surface area (Å²) in [5.41, 5.74) is 1.08. The molecule has 1 aliphatic rings. The fourth-order valence-corrected chi connectivity index (χ4v) is 2.48. The number of aromatic nitrogens is 1. The Hall–Kier alpha value is -0.280. The van der Waals surface area contributed by atoms with Crippen LogP contribution in [0.3, 0.4) is 0 Å². The molecular weight excluding hydrogens is 263 g/mol. The first kappa shape index (κ1) is 10.2. The van der Waals surface area contributed by atoms with E-state index >= 15 is 0 Å². The van der Waals surface area contributed by atoms with Crippen molar-refractivity contribution in [2.45, 2.75) is 30.7 Å². The van der Waals surface area contributed by atoms with Crippen molar-refractivity contribution < 1.29 is 0 Å². The molecule has 14 heavy (non-hydrogen) atoms. The third-order valence-electron chi connectivity index (χ3n) is 2.54. The van der Waals surface area contributed by atoms with Crippen molar-refractivity contribution in [1.29, 1.82) is 0 Å². The predicted octanol–water partition coefficient (Wildman–Crippen LogP) is 3.42. The molecule has 76 valence electrons. The molecule has 0 aromatic carbocycles. The van der Waals surface area contributed by atoms with Gasteiger partial charge in [0.15, 0.2) is 0 Å². The monoisotopic (exact) mass is 274 g/mol. The lowest BCUT2D eigenvalue weighted by Gasteiger charge is -2.17. The summed E-state index contributed by atoms with van der Waals surface area (Å²) in [6.45, 7) is 0. The van der Waals surface area contributed by atoms with Crippen molar-refractivity contribution in [1.82, 2.24) is 4.98 Å². The average molecular weight is 276 g/mol. The zero-order valence-corrected chi connectivity index (χ0v) is 10.1. The summed E-state index contributed by atoms with van der Waals surface area (Å²) in [5, 5.41) is 3.70. The number of nitrogens with one attached hydrogen (secondary N) is 1. The molecule has 1 aromatic heterocycles. The molecule has 0 spiro atoms. The fraction of sp³-hybridized carbons (Fsp3) is 0.500. The second kappa shape index (κ2) is 4.49. The minimum atomic E-state index is 0.259. The van der Waals surface area contributed by atoms with E-state index in [2.05, 4.69) is 26.2 Å². The number of pyridine rings is 1. The van der Waals surface area contributed by atoms with E-state index in [1.165, 1.54) is 6.42 Å². The summed E-state index contributed by atoms with van der Waals surface area (Å²) in [6.07, 6.45) is 7.06. The van der Waals surface area contributed by atoms with Crippen LogP contribution in [0.1, 0.15) is 19.3 Å². The summed E-state index contributed by atoms with van der Waals surface area (Å²) in [4.78, 5) is 4.02. The quantitative estimate of drug-likeness (QED) is 0.837. The lowest BCUT2D eigenvalue weighted by molar-refractivity contribution is 0.761. The number of anilines is 1. The van der Waals surface area contributed by atoms with Crippen LogP contribution in [0.25, 0.3) is 0 Å². The normalized spacial score (nSPS) is 26.4. The van der Waals surface area contributed by atoms with Gasteiger partial charge in [-0.05, 0) is 41.3 Å². The minimum absolute atomic E-state index is 0.259. The molecule has 1 aliphatic carbocycles. The van der Waals surface area contributed by atoms with Crippen molar-refractivity contribution in [2.75, 3.05) is 5.32 Å². The molecule has 1 fully saturated rings. The molecule has 4 heteroatoms. The summed E-state index contributed by atoms with van der Waals surface area (Å²) < 4.78 is 0.996. The lowest BCUT2D eigenvalue weighted by atomic mass is 10.2. The van der Waals surface area contributed by atoms with Gasteiger partial charge in [-0.3, -0.25) is 4.98 Å². The Kier molecular flexibility index (Phi) is 3.29. The number of nitrogens with zero attached hydrogens (tertiary/aromatic N) is 1. The van der Waals surface area contributed by atoms with Crippen LogP contribution >= 0.6 is 27.5 Å².